The fraction of sp³-hybridized carbons (Fsp3) is 0.240. The number of anilines is 2. The maximum Gasteiger partial charge on any atom is 0.573 e. The van der Waals surface area contributed by atoms with Crippen molar-refractivity contribution in [3.05, 3.63) is 72.8 Å². The number of aliphatic hydroxyl groups excluding tert-OH is 1. The van der Waals surface area contributed by atoms with Gasteiger partial charge >= 0.3 is 6.36 Å². The third-order valence-electron chi connectivity index (χ3n) is 6.01. The molecule has 37 heavy (non-hydrogen) atoms. The first kappa shape index (κ1) is 25.1. The van der Waals surface area contributed by atoms with Crippen LogP contribution in [-0.4, -0.2) is 47.3 Å². The summed E-state index contributed by atoms with van der Waals surface area (Å²) in [5.41, 5.74) is 1.49. The van der Waals surface area contributed by atoms with Crippen LogP contribution in [0.2, 0.25) is 0 Å². The molecular weight excluding hydrogens is 511 g/mol. The first-order valence-electron chi connectivity index (χ1n) is 11.2. The zero-order chi connectivity index (χ0) is 26.2. The normalized spacial score (nSPS) is 23.0. The molecule has 2 aliphatic rings. The molecule has 0 saturated carbocycles. The van der Waals surface area contributed by atoms with Gasteiger partial charge in [0.05, 0.1) is 41.6 Å². The minimum atomic E-state index is -4.86. The number of alkyl halides is 3. The quantitative estimate of drug-likeness (QED) is 0.432. The highest BCUT2D eigenvalue weighted by Gasteiger charge is 2.40. The molecule has 8 nitrogen and oxygen atoms in total. The average Bonchev–Trinajstić information content (AvgIpc) is 2.86. The number of benzene rings is 3. The molecule has 2 N–H and O–H groups in total. The molecule has 0 radical (unpaired) electrons. The summed E-state index contributed by atoms with van der Waals surface area (Å²) in [6.45, 7) is 0.285. The molecule has 0 bridgehead atoms. The van der Waals surface area contributed by atoms with Gasteiger partial charge in [-0.1, -0.05) is 24.3 Å². The van der Waals surface area contributed by atoms with Crippen molar-refractivity contribution < 1.29 is 36.7 Å². The highest BCUT2D eigenvalue weighted by atomic mass is 32.2. The number of nitrogens with one attached hydrogen (secondary N) is 1. The van der Waals surface area contributed by atoms with E-state index in [-0.39, 0.29) is 18.1 Å². The molecule has 2 aliphatic heterocycles. The Hall–Kier alpha value is -3.61. The maximum absolute atomic E-state index is 12.9. The second kappa shape index (κ2) is 9.69. The molecule has 1 fully saturated rings. The van der Waals surface area contributed by atoms with E-state index in [0.717, 1.165) is 35.6 Å². The molecule has 12 heteroatoms. The fourth-order valence-electron chi connectivity index (χ4n) is 4.31. The SMILES string of the molecule is N=S(=O)(N=CC1COC[C@H](N2c3ccccc3Oc3ccccc32)[C@H]1O)c1ccc(OC(F)(F)F)cc1. The summed E-state index contributed by atoms with van der Waals surface area (Å²) in [5, 5.41) is 11.3. The number of halogens is 3. The molecule has 2 unspecified atom stereocenters. The van der Waals surface area contributed by atoms with Gasteiger partial charge in [0, 0.05) is 12.1 Å². The topological polar surface area (TPSA) is 104 Å². The maximum atomic E-state index is 12.9. The Balaban J connectivity index is 1.38. The first-order valence-corrected chi connectivity index (χ1v) is 12.7. The van der Waals surface area contributed by atoms with E-state index in [2.05, 4.69) is 9.13 Å². The lowest BCUT2D eigenvalue weighted by Crippen LogP contribution is -2.53. The monoisotopic (exact) mass is 533 g/mol. The van der Waals surface area contributed by atoms with Crippen LogP contribution in [0.25, 0.3) is 0 Å². The van der Waals surface area contributed by atoms with Crippen LogP contribution in [0.3, 0.4) is 0 Å². The predicted octanol–water partition coefficient (Wildman–Crippen LogP) is 5.30. The van der Waals surface area contributed by atoms with Crippen LogP contribution in [0.5, 0.6) is 17.2 Å². The van der Waals surface area contributed by atoms with E-state index in [1.807, 2.05) is 53.4 Å². The minimum Gasteiger partial charge on any atom is -0.453 e. The molecule has 0 spiro atoms. The van der Waals surface area contributed by atoms with Gasteiger partial charge in [0.1, 0.15) is 5.75 Å². The van der Waals surface area contributed by atoms with E-state index in [9.17, 15) is 22.5 Å². The van der Waals surface area contributed by atoms with E-state index >= 15 is 0 Å². The van der Waals surface area contributed by atoms with Crippen molar-refractivity contribution in [1.29, 1.82) is 4.78 Å². The smallest absolute Gasteiger partial charge is 0.453 e. The van der Waals surface area contributed by atoms with Crippen molar-refractivity contribution in [2.45, 2.75) is 23.4 Å². The number of para-hydroxylation sites is 4. The van der Waals surface area contributed by atoms with E-state index in [4.69, 9.17) is 14.3 Å². The molecule has 0 amide bonds. The lowest BCUT2D eigenvalue weighted by atomic mass is 9.93. The number of hydrogen-bond acceptors (Lipinski definition) is 7. The molecule has 3 aromatic rings. The van der Waals surface area contributed by atoms with Crippen LogP contribution in [0.1, 0.15) is 0 Å². The van der Waals surface area contributed by atoms with E-state index in [1.165, 1.54) is 6.21 Å². The van der Waals surface area contributed by atoms with Gasteiger partial charge in [0.25, 0.3) is 0 Å². The Morgan fingerprint density at radius 2 is 1.59 bits per heavy atom. The molecule has 5 rings (SSSR count). The summed E-state index contributed by atoms with van der Waals surface area (Å²) in [6.07, 6.45) is -4.64. The van der Waals surface area contributed by atoms with Gasteiger partial charge < -0.3 is 24.2 Å². The lowest BCUT2D eigenvalue weighted by Gasteiger charge is -2.43. The zero-order valence-electron chi connectivity index (χ0n) is 19.2. The van der Waals surface area contributed by atoms with Crippen molar-refractivity contribution in [3.8, 4) is 17.2 Å². The number of aliphatic hydroxyl groups is 1. The first-order chi connectivity index (χ1) is 17.6. The van der Waals surface area contributed by atoms with Gasteiger partial charge in [0.15, 0.2) is 21.4 Å². The Labute approximate surface area is 211 Å². The standard InChI is InChI=1S/C25H22F3N3O5S/c26-25(27,28)36-17-9-11-18(12-10-17)37(29,33)30-13-16-14-34-15-21(24(16)32)31-19-5-1-3-7-22(19)35-23-8-4-2-6-20(23)31/h1-13,16,21,24,29,32H,14-15H2/t16?,21-,24-,37?/m0/s1. The van der Waals surface area contributed by atoms with Crippen molar-refractivity contribution >= 4 is 27.5 Å². The van der Waals surface area contributed by atoms with Crippen molar-refractivity contribution in [2.75, 3.05) is 18.1 Å². The number of fused-ring (bicyclic) bond motifs is 2. The summed E-state index contributed by atoms with van der Waals surface area (Å²) in [5.74, 6) is 0.0491. The second-order valence-corrected chi connectivity index (χ2v) is 10.2. The summed E-state index contributed by atoms with van der Waals surface area (Å²) >= 11 is 0. The summed E-state index contributed by atoms with van der Waals surface area (Å²) in [6, 6.07) is 18.4. The summed E-state index contributed by atoms with van der Waals surface area (Å²) < 4.78 is 77.7. The van der Waals surface area contributed by atoms with Crippen molar-refractivity contribution in [3.63, 3.8) is 0 Å². The molecule has 0 aromatic heterocycles. The third kappa shape index (κ3) is 5.26. The zero-order valence-corrected chi connectivity index (χ0v) is 20.0. The molecule has 0 aliphatic carbocycles. The largest absolute Gasteiger partial charge is 0.573 e. The third-order valence-corrected chi connectivity index (χ3v) is 7.34. The Morgan fingerprint density at radius 1 is 1.00 bits per heavy atom. The van der Waals surface area contributed by atoms with Crippen molar-refractivity contribution in [2.24, 2.45) is 10.3 Å². The Bertz CT molecular complexity index is 1370. The summed E-state index contributed by atoms with van der Waals surface area (Å²) in [4.78, 5) is 1.84. The average molecular weight is 534 g/mol. The highest BCUT2D eigenvalue weighted by Crippen LogP contribution is 2.48. The van der Waals surface area contributed by atoms with Gasteiger partial charge in [0.2, 0.25) is 0 Å². The lowest BCUT2D eigenvalue weighted by molar-refractivity contribution is -0.274. The van der Waals surface area contributed by atoms with Crippen LogP contribution in [0, 0.1) is 10.7 Å². The molecule has 2 heterocycles. The van der Waals surface area contributed by atoms with Crippen molar-refractivity contribution in [1.82, 2.24) is 0 Å². The number of hydrogen-bond donors (Lipinski definition) is 2. The second-order valence-electron chi connectivity index (χ2n) is 8.47. The van der Waals surface area contributed by atoms with Gasteiger partial charge in [-0.05, 0) is 48.5 Å². The van der Waals surface area contributed by atoms with E-state index < -0.39 is 40.1 Å². The molecule has 4 atom stereocenters. The molecule has 1 saturated heterocycles. The highest BCUT2D eigenvalue weighted by molar-refractivity contribution is 7.91. The van der Waals surface area contributed by atoms with Crippen LogP contribution in [0.15, 0.2) is 82.1 Å². The molecule has 3 aromatic carbocycles. The van der Waals surface area contributed by atoms with Crippen LogP contribution in [-0.2, 0) is 14.7 Å². The Morgan fingerprint density at radius 3 is 2.19 bits per heavy atom. The van der Waals surface area contributed by atoms with E-state index in [0.29, 0.717) is 11.5 Å². The van der Waals surface area contributed by atoms with E-state index in [1.54, 1.807) is 0 Å². The van der Waals surface area contributed by atoms with Gasteiger partial charge in [-0.3, -0.25) is 0 Å². The van der Waals surface area contributed by atoms with Gasteiger partial charge in [-0.2, -0.15) is 4.40 Å². The summed E-state index contributed by atoms with van der Waals surface area (Å²) in [7, 11) is -3.75. The van der Waals surface area contributed by atoms with Crippen LogP contribution < -0.4 is 14.4 Å². The van der Waals surface area contributed by atoms with Crippen LogP contribution >= 0.6 is 0 Å². The number of ether oxygens (including phenoxy) is 3. The molecular formula is C25H22F3N3O5S. The molecule has 194 valence electrons. The van der Waals surface area contributed by atoms with Gasteiger partial charge in [-0.15, -0.1) is 13.2 Å². The number of nitrogens with zero attached hydrogens (tertiary/aromatic N) is 2. The Kier molecular flexibility index (Phi) is 6.56. The van der Waals surface area contributed by atoms with Gasteiger partial charge in [-0.25, -0.2) is 8.99 Å². The minimum absolute atomic E-state index is 0.0860. The fourth-order valence-corrected chi connectivity index (χ4v) is 5.26. The predicted molar refractivity (Wildman–Crippen MR) is 130 cm³/mol. The number of rotatable bonds is 5. The van der Waals surface area contributed by atoms with Crippen LogP contribution in [0.4, 0.5) is 24.5 Å².